The molecule has 0 aliphatic heterocycles. The standard InChI is InChI=1S/C15H10N2O2/c1-18-15-8-12(10-17)5-6-14(15)19-13-4-2-3-11(7-13)9-16/h2-8H,1H3. The lowest BCUT2D eigenvalue weighted by Crippen LogP contribution is -1.91. The summed E-state index contributed by atoms with van der Waals surface area (Å²) in [4.78, 5) is 0. The van der Waals surface area contributed by atoms with Crippen molar-refractivity contribution in [1.82, 2.24) is 0 Å². The summed E-state index contributed by atoms with van der Waals surface area (Å²) >= 11 is 0. The van der Waals surface area contributed by atoms with Crippen molar-refractivity contribution in [2.75, 3.05) is 7.11 Å². The lowest BCUT2D eigenvalue weighted by atomic mass is 10.2. The Labute approximate surface area is 111 Å². The highest BCUT2D eigenvalue weighted by Gasteiger charge is 2.07. The Morgan fingerprint density at radius 3 is 2.32 bits per heavy atom. The minimum Gasteiger partial charge on any atom is -0.493 e. The van der Waals surface area contributed by atoms with Crippen LogP contribution in [0.2, 0.25) is 0 Å². The van der Waals surface area contributed by atoms with Gasteiger partial charge in [-0.2, -0.15) is 10.5 Å². The van der Waals surface area contributed by atoms with Crippen LogP contribution in [0.25, 0.3) is 0 Å². The highest BCUT2D eigenvalue weighted by Crippen LogP contribution is 2.32. The SMILES string of the molecule is COc1cc(C#N)ccc1Oc1cccc(C#N)c1. The quantitative estimate of drug-likeness (QED) is 0.838. The maximum atomic E-state index is 8.83. The van der Waals surface area contributed by atoms with Crippen LogP contribution in [0, 0.1) is 22.7 Å². The molecule has 0 aromatic heterocycles. The molecular formula is C15H10N2O2. The van der Waals surface area contributed by atoms with Crippen LogP contribution in [-0.4, -0.2) is 7.11 Å². The Hall–Kier alpha value is -2.98. The first-order valence-corrected chi connectivity index (χ1v) is 5.53. The van der Waals surface area contributed by atoms with E-state index in [0.29, 0.717) is 28.4 Å². The summed E-state index contributed by atoms with van der Waals surface area (Å²) in [5.41, 5.74) is 1.01. The molecule has 0 heterocycles. The zero-order valence-electron chi connectivity index (χ0n) is 10.3. The number of methoxy groups -OCH3 is 1. The maximum absolute atomic E-state index is 8.83. The summed E-state index contributed by atoms with van der Waals surface area (Å²) in [5.74, 6) is 1.51. The normalized spacial score (nSPS) is 9.21. The van der Waals surface area contributed by atoms with E-state index in [4.69, 9.17) is 20.0 Å². The summed E-state index contributed by atoms with van der Waals surface area (Å²) in [7, 11) is 1.51. The van der Waals surface area contributed by atoms with Crippen LogP contribution in [0.3, 0.4) is 0 Å². The van der Waals surface area contributed by atoms with Gasteiger partial charge in [0.05, 0.1) is 30.4 Å². The molecular weight excluding hydrogens is 240 g/mol. The maximum Gasteiger partial charge on any atom is 0.169 e. The second kappa shape index (κ2) is 5.57. The predicted octanol–water partition coefficient (Wildman–Crippen LogP) is 3.23. The van der Waals surface area contributed by atoms with Crippen molar-refractivity contribution in [2.45, 2.75) is 0 Å². The molecule has 92 valence electrons. The van der Waals surface area contributed by atoms with Gasteiger partial charge in [-0.3, -0.25) is 0 Å². The molecule has 2 rings (SSSR count). The molecule has 2 aromatic rings. The van der Waals surface area contributed by atoms with Gasteiger partial charge in [0, 0.05) is 6.07 Å². The molecule has 0 bridgehead atoms. The van der Waals surface area contributed by atoms with Gasteiger partial charge in [-0.1, -0.05) is 6.07 Å². The first kappa shape index (κ1) is 12.5. The number of rotatable bonds is 3. The summed E-state index contributed by atoms with van der Waals surface area (Å²) in [6.45, 7) is 0. The summed E-state index contributed by atoms with van der Waals surface area (Å²) in [5, 5.41) is 17.7. The van der Waals surface area contributed by atoms with Gasteiger partial charge >= 0.3 is 0 Å². The highest BCUT2D eigenvalue weighted by molar-refractivity contribution is 5.49. The number of hydrogen-bond acceptors (Lipinski definition) is 4. The van der Waals surface area contributed by atoms with Crippen molar-refractivity contribution in [3.05, 3.63) is 53.6 Å². The fourth-order valence-corrected chi connectivity index (χ4v) is 1.58. The van der Waals surface area contributed by atoms with Crippen LogP contribution >= 0.6 is 0 Å². The van der Waals surface area contributed by atoms with Crippen molar-refractivity contribution >= 4 is 0 Å². The van der Waals surface area contributed by atoms with E-state index < -0.39 is 0 Å². The third-order valence-corrected chi connectivity index (χ3v) is 2.48. The van der Waals surface area contributed by atoms with Crippen molar-refractivity contribution in [3.8, 4) is 29.4 Å². The molecule has 0 aliphatic carbocycles. The van der Waals surface area contributed by atoms with Crippen LogP contribution in [0.4, 0.5) is 0 Å². The van der Waals surface area contributed by atoms with E-state index >= 15 is 0 Å². The number of hydrogen-bond donors (Lipinski definition) is 0. The smallest absolute Gasteiger partial charge is 0.169 e. The van der Waals surface area contributed by atoms with Gasteiger partial charge in [-0.25, -0.2) is 0 Å². The van der Waals surface area contributed by atoms with E-state index in [1.807, 2.05) is 12.1 Å². The van der Waals surface area contributed by atoms with Crippen LogP contribution < -0.4 is 9.47 Å². The van der Waals surface area contributed by atoms with Gasteiger partial charge in [0.15, 0.2) is 11.5 Å². The van der Waals surface area contributed by atoms with Crippen LogP contribution in [0.5, 0.6) is 17.2 Å². The summed E-state index contributed by atoms with van der Waals surface area (Å²) in [6.07, 6.45) is 0. The summed E-state index contributed by atoms with van der Waals surface area (Å²) in [6, 6.07) is 15.8. The molecule has 0 aliphatic rings. The van der Waals surface area contributed by atoms with E-state index in [1.54, 1.807) is 42.5 Å². The predicted molar refractivity (Wildman–Crippen MR) is 68.9 cm³/mol. The Morgan fingerprint density at radius 2 is 1.63 bits per heavy atom. The van der Waals surface area contributed by atoms with Crippen molar-refractivity contribution in [2.24, 2.45) is 0 Å². The molecule has 0 fully saturated rings. The fraction of sp³-hybridized carbons (Fsp3) is 0.0667. The van der Waals surface area contributed by atoms with Crippen molar-refractivity contribution in [1.29, 1.82) is 10.5 Å². The fourth-order valence-electron chi connectivity index (χ4n) is 1.58. The Balaban J connectivity index is 2.33. The molecule has 0 saturated carbocycles. The molecule has 0 saturated heterocycles. The molecule has 2 aromatic carbocycles. The van der Waals surface area contributed by atoms with Gasteiger partial charge in [-0.15, -0.1) is 0 Å². The van der Waals surface area contributed by atoms with Gasteiger partial charge in [0.1, 0.15) is 5.75 Å². The number of ether oxygens (including phenoxy) is 2. The number of nitrogens with zero attached hydrogens (tertiary/aromatic N) is 2. The van der Waals surface area contributed by atoms with E-state index in [2.05, 4.69) is 0 Å². The molecule has 19 heavy (non-hydrogen) atoms. The second-order valence-corrected chi connectivity index (χ2v) is 3.72. The van der Waals surface area contributed by atoms with Crippen LogP contribution in [0.15, 0.2) is 42.5 Å². The average molecular weight is 250 g/mol. The highest BCUT2D eigenvalue weighted by atomic mass is 16.5. The van der Waals surface area contributed by atoms with Crippen molar-refractivity contribution in [3.63, 3.8) is 0 Å². The van der Waals surface area contributed by atoms with E-state index in [1.165, 1.54) is 7.11 Å². The average Bonchev–Trinajstić information content (AvgIpc) is 2.48. The lowest BCUT2D eigenvalue weighted by Gasteiger charge is -2.10. The Kier molecular flexibility index (Phi) is 3.66. The zero-order chi connectivity index (χ0) is 13.7. The van der Waals surface area contributed by atoms with Gasteiger partial charge < -0.3 is 9.47 Å². The first-order chi connectivity index (χ1) is 9.26. The van der Waals surface area contributed by atoms with Crippen LogP contribution in [0.1, 0.15) is 11.1 Å². The monoisotopic (exact) mass is 250 g/mol. The molecule has 4 heteroatoms. The molecule has 0 atom stereocenters. The Bertz CT molecular complexity index is 681. The number of nitriles is 2. The molecule has 0 N–H and O–H groups in total. The third-order valence-electron chi connectivity index (χ3n) is 2.48. The summed E-state index contributed by atoms with van der Waals surface area (Å²) < 4.78 is 10.8. The molecule has 0 amide bonds. The zero-order valence-corrected chi connectivity index (χ0v) is 10.3. The largest absolute Gasteiger partial charge is 0.493 e. The third kappa shape index (κ3) is 2.83. The minimum atomic E-state index is 0.474. The lowest BCUT2D eigenvalue weighted by molar-refractivity contribution is 0.378. The topological polar surface area (TPSA) is 66.0 Å². The van der Waals surface area contributed by atoms with E-state index in [0.717, 1.165) is 0 Å². The van der Waals surface area contributed by atoms with Crippen molar-refractivity contribution < 1.29 is 9.47 Å². The molecule has 0 spiro atoms. The molecule has 0 unspecified atom stereocenters. The molecule has 4 nitrogen and oxygen atoms in total. The molecule has 0 radical (unpaired) electrons. The Morgan fingerprint density at radius 1 is 0.895 bits per heavy atom. The van der Waals surface area contributed by atoms with Gasteiger partial charge in [-0.05, 0) is 30.3 Å². The number of benzene rings is 2. The minimum absolute atomic E-state index is 0.474. The first-order valence-electron chi connectivity index (χ1n) is 5.53. The van der Waals surface area contributed by atoms with E-state index in [-0.39, 0.29) is 0 Å². The van der Waals surface area contributed by atoms with Gasteiger partial charge in [0.25, 0.3) is 0 Å². The van der Waals surface area contributed by atoms with Crippen LogP contribution in [-0.2, 0) is 0 Å². The second-order valence-electron chi connectivity index (χ2n) is 3.72. The van der Waals surface area contributed by atoms with E-state index in [9.17, 15) is 0 Å². The van der Waals surface area contributed by atoms with Gasteiger partial charge in [0.2, 0.25) is 0 Å².